The number of carbonyl (C=O) groups excluding carboxylic acids is 2. The Morgan fingerprint density at radius 1 is 1.27 bits per heavy atom. The SMILES string of the molecule is COC(=O)CCNC(=O)[C@@H]1OP(=O)(OC2CCC(F)CC2)OCC1(C)C. The van der Waals surface area contributed by atoms with Gasteiger partial charge in [-0.2, -0.15) is 0 Å². The molecule has 1 heterocycles. The van der Waals surface area contributed by atoms with Crippen LogP contribution in [0.2, 0.25) is 0 Å². The molecule has 0 radical (unpaired) electrons. The minimum absolute atomic E-state index is 0.0117. The summed E-state index contributed by atoms with van der Waals surface area (Å²) in [5.41, 5.74) is -0.733. The molecule has 1 aliphatic heterocycles. The molecule has 1 aliphatic carbocycles. The van der Waals surface area contributed by atoms with Crippen molar-refractivity contribution in [2.75, 3.05) is 20.3 Å². The molecule has 0 bridgehead atoms. The molecule has 2 atom stereocenters. The van der Waals surface area contributed by atoms with Crippen molar-refractivity contribution in [2.45, 2.75) is 64.3 Å². The fourth-order valence-corrected chi connectivity index (χ4v) is 4.75. The van der Waals surface area contributed by atoms with Crippen molar-refractivity contribution >= 4 is 19.7 Å². The van der Waals surface area contributed by atoms with Crippen molar-refractivity contribution in [3.8, 4) is 0 Å². The lowest BCUT2D eigenvalue weighted by molar-refractivity contribution is -0.143. The zero-order chi connectivity index (χ0) is 19.4. The Hall–Kier alpha value is -1.02. The van der Waals surface area contributed by atoms with Crippen LogP contribution in [0, 0.1) is 5.41 Å². The first-order valence-electron chi connectivity index (χ1n) is 8.75. The number of amides is 1. The number of ether oxygens (including phenoxy) is 1. The Morgan fingerprint density at radius 2 is 1.92 bits per heavy atom. The van der Waals surface area contributed by atoms with Gasteiger partial charge in [0.1, 0.15) is 6.17 Å². The molecular formula is C16H27FNO7P. The van der Waals surface area contributed by atoms with Crippen LogP contribution >= 0.6 is 7.82 Å². The van der Waals surface area contributed by atoms with Gasteiger partial charge >= 0.3 is 13.8 Å². The summed E-state index contributed by atoms with van der Waals surface area (Å²) in [5.74, 6) is -0.951. The number of alkyl halides is 1. The lowest BCUT2D eigenvalue weighted by atomic mass is 9.87. The molecule has 150 valence electrons. The third-order valence-electron chi connectivity index (χ3n) is 4.52. The maximum Gasteiger partial charge on any atom is 0.475 e. The fraction of sp³-hybridized carbons (Fsp3) is 0.875. The summed E-state index contributed by atoms with van der Waals surface area (Å²) < 4.78 is 46.8. The van der Waals surface area contributed by atoms with Gasteiger partial charge in [-0.1, -0.05) is 13.8 Å². The zero-order valence-electron chi connectivity index (χ0n) is 15.4. The monoisotopic (exact) mass is 395 g/mol. The maximum absolute atomic E-state index is 13.2. The molecule has 0 aromatic rings. The number of hydrogen-bond donors (Lipinski definition) is 1. The number of methoxy groups -OCH3 is 1. The number of rotatable bonds is 6. The van der Waals surface area contributed by atoms with E-state index >= 15 is 0 Å². The highest BCUT2D eigenvalue weighted by Crippen LogP contribution is 2.58. The predicted octanol–water partition coefficient (Wildman–Crippen LogP) is 2.51. The van der Waals surface area contributed by atoms with E-state index in [0.717, 1.165) is 0 Å². The van der Waals surface area contributed by atoms with Crippen LogP contribution in [0.4, 0.5) is 4.39 Å². The summed E-state index contributed by atoms with van der Waals surface area (Å²) in [6, 6.07) is 0. The Bertz CT molecular complexity index is 563. The van der Waals surface area contributed by atoms with Gasteiger partial charge in [-0.25, -0.2) is 8.96 Å². The van der Waals surface area contributed by atoms with Crippen LogP contribution in [0.3, 0.4) is 0 Å². The van der Waals surface area contributed by atoms with Crippen LogP contribution in [-0.2, 0) is 32.5 Å². The van der Waals surface area contributed by atoms with Crippen molar-refractivity contribution < 1.29 is 36.9 Å². The van der Waals surface area contributed by atoms with Crippen molar-refractivity contribution in [3.05, 3.63) is 0 Å². The molecule has 8 nitrogen and oxygen atoms in total. The Morgan fingerprint density at radius 3 is 2.54 bits per heavy atom. The summed E-state index contributed by atoms with van der Waals surface area (Å²) in [6.45, 7) is 3.58. The van der Waals surface area contributed by atoms with Gasteiger partial charge in [-0.15, -0.1) is 0 Å². The summed E-state index contributed by atoms with van der Waals surface area (Å²) in [6.07, 6.45) is -0.784. The summed E-state index contributed by atoms with van der Waals surface area (Å²) in [7, 11) is -2.66. The second kappa shape index (κ2) is 8.78. The standard InChI is InChI=1S/C16H27FNO7P/c1-16(2)10-23-26(21,24-12-6-4-11(17)5-7-12)25-14(16)15(20)18-9-8-13(19)22-3/h11-12,14H,4-10H2,1-3H3,(H,18,20)/t11?,12?,14-,26?/m0/s1. The minimum Gasteiger partial charge on any atom is -0.469 e. The van der Waals surface area contributed by atoms with Gasteiger partial charge in [-0.05, 0) is 25.7 Å². The fourth-order valence-electron chi connectivity index (χ4n) is 2.87. The van der Waals surface area contributed by atoms with Crippen molar-refractivity contribution in [1.29, 1.82) is 0 Å². The van der Waals surface area contributed by atoms with E-state index in [2.05, 4.69) is 10.1 Å². The lowest BCUT2D eigenvalue weighted by Crippen LogP contribution is -2.50. The second-order valence-corrected chi connectivity index (χ2v) is 8.87. The Kier molecular flexibility index (Phi) is 7.19. The highest BCUT2D eigenvalue weighted by atomic mass is 31.2. The second-order valence-electron chi connectivity index (χ2n) is 7.29. The Balaban J connectivity index is 1.95. The van der Waals surface area contributed by atoms with E-state index in [4.69, 9.17) is 13.6 Å². The number of halogens is 1. The predicted molar refractivity (Wildman–Crippen MR) is 90.1 cm³/mol. The summed E-state index contributed by atoms with van der Waals surface area (Å²) in [5, 5.41) is 2.57. The molecule has 2 rings (SSSR count). The van der Waals surface area contributed by atoms with Crippen LogP contribution in [0.1, 0.15) is 46.0 Å². The van der Waals surface area contributed by atoms with Crippen LogP contribution in [0.15, 0.2) is 0 Å². The van der Waals surface area contributed by atoms with Gasteiger partial charge in [-0.3, -0.25) is 23.2 Å². The number of phosphoric ester groups is 1. The van der Waals surface area contributed by atoms with Crippen molar-refractivity contribution in [1.82, 2.24) is 5.32 Å². The number of hydrogen-bond acceptors (Lipinski definition) is 7. The molecule has 2 aliphatic rings. The zero-order valence-corrected chi connectivity index (χ0v) is 16.3. The van der Waals surface area contributed by atoms with Crippen LogP contribution < -0.4 is 5.32 Å². The van der Waals surface area contributed by atoms with Gasteiger partial charge in [0.15, 0.2) is 6.10 Å². The third kappa shape index (κ3) is 5.74. The van der Waals surface area contributed by atoms with E-state index < -0.39 is 43.5 Å². The number of phosphoric acid groups is 1. The minimum atomic E-state index is -3.92. The summed E-state index contributed by atoms with van der Waals surface area (Å²) >= 11 is 0. The van der Waals surface area contributed by atoms with Crippen molar-refractivity contribution in [2.24, 2.45) is 5.41 Å². The first-order chi connectivity index (χ1) is 12.1. The molecule has 10 heteroatoms. The molecule has 0 aromatic heterocycles. The van der Waals surface area contributed by atoms with Gasteiger partial charge < -0.3 is 10.1 Å². The number of carbonyl (C=O) groups is 2. The molecule has 0 aromatic carbocycles. The van der Waals surface area contributed by atoms with E-state index in [1.54, 1.807) is 13.8 Å². The highest BCUT2D eigenvalue weighted by molar-refractivity contribution is 7.48. The van der Waals surface area contributed by atoms with Gasteiger partial charge in [0.2, 0.25) is 5.91 Å². The molecular weight excluding hydrogens is 368 g/mol. The van der Waals surface area contributed by atoms with Gasteiger partial charge in [0, 0.05) is 12.0 Å². The topological polar surface area (TPSA) is 100 Å². The smallest absolute Gasteiger partial charge is 0.469 e. The molecule has 26 heavy (non-hydrogen) atoms. The number of esters is 1. The van der Waals surface area contributed by atoms with E-state index in [0.29, 0.717) is 25.7 Å². The van der Waals surface area contributed by atoms with Crippen molar-refractivity contribution in [3.63, 3.8) is 0 Å². The van der Waals surface area contributed by atoms with E-state index in [1.165, 1.54) is 7.11 Å². The number of nitrogens with one attached hydrogen (secondary N) is 1. The van der Waals surface area contributed by atoms with E-state index in [9.17, 15) is 18.5 Å². The average molecular weight is 395 g/mol. The molecule has 1 saturated heterocycles. The van der Waals surface area contributed by atoms with Crippen LogP contribution in [-0.4, -0.2) is 50.5 Å². The van der Waals surface area contributed by atoms with Gasteiger partial charge in [0.25, 0.3) is 0 Å². The molecule has 1 amide bonds. The highest BCUT2D eigenvalue weighted by Gasteiger charge is 2.50. The molecule has 1 saturated carbocycles. The molecule has 0 spiro atoms. The molecule has 1 N–H and O–H groups in total. The average Bonchev–Trinajstić information content (AvgIpc) is 2.59. The summed E-state index contributed by atoms with van der Waals surface area (Å²) in [4.78, 5) is 23.6. The Labute approximate surface area is 152 Å². The lowest BCUT2D eigenvalue weighted by Gasteiger charge is -2.40. The van der Waals surface area contributed by atoms with Gasteiger partial charge in [0.05, 0.1) is 26.2 Å². The van der Waals surface area contributed by atoms with Crippen LogP contribution in [0.25, 0.3) is 0 Å². The van der Waals surface area contributed by atoms with Crippen LogP contribution in [0.5, 0.6) is 0 Å². The van der Waals surface area contributed by atoms with E-state index in [-0.39, 0.29) is 19.6 Å². The quantitative estimate of drug-likeness (QED) is 0.545. The van der Waals surface area contributed by atoms with E-state index in [1.807, 2.05) is 0 Å². The first kappa shape index (κ1) is 21.3. The normalized spacial score (nSPS) is 34.1. The molecule has 1 unspecified atom stereocenters. The largest absolute Gasteiger partial charge is 0.475 e. The molecule has 2 fully saturated rings. The maximum atomic E-state index is 13.2. The first-order valence-corrected chi connectivity index (χ1v) is 10.2. The third-order valence-corrected chi connectivity index (χ3v) is 5.99.